The van der Waals surface area contributed by atoms with E-state index in [9.17, 15) is 13.2 Å². The molecule has 22 heavy (non-hydrogen) atoms. The fraction of sp³-hybridized carbons (Fsp3) is 0.200. The van der Waals surface area contributed by atoms with Gasteiger partial charge in [-0.1, -0.05) is 0 Å². The number of rotatable bonds is 3. The quantitative estimate of drug-likeness (QED) is 0.818. The molecule has 114 valence electrons. The van der Waals surface area contributed by atoms with Gasteiger partial charge in [-0.2, -0.15) is 14.0 Å². The van der Waals surface area contributed by atoms with Gasteiger partial charge >= 0.3 is 0 Å². The monoisotopic (exact) mass is 307 g/mol. The molecule has 0 aliphatic heterocycles. The number of hydrogen-bond donors (Lipinski definition) is 0. The van der Waals surface area contributed by atoms with Gasteiger partial charge < -0.3 is 9.64 Å². The van der Waals surface area contributed by atoms with Crippen molar-refractivity contribution < 1.29 is 17.9 Å². The Kier molecular flexibility index (Phi) is 4.22. The fourth-order valence-electron chi connectivity index (χ4n) is 2.04. The standard InChI is InChI=1S/C15H12F3N3O/c1-21(2)14-11(16)13(20-15(18)12(14)17)9-6-8(7-19)4-5-10(9)22-3/h4-6H,1-3H3. The van der Waals surface area contributed by atoms with E-state index in [0.29, 0.717) is 0 Å². The van der Waals surface area contributed by atoms with Gasteiger partial charge in [0.1, 0.15) is 17.1 Å². The molecule has 4 nitrogen and oxygen atoms in total. The number of benzene rings is 1. The first-order valence-corrected chi connectivity index (χ1v) is 6.21. The van der Waals surface area contributed by atoms with Crippen LogP contribution in [-0.4, -0.2) is 26.2 Å². The van der Waals surface area contributed by atoms with E-state index in [4.69, 9.17) is 10.00 Å². The Morgan fingerprint density at radius 1 is 1.18 bits per heavy atom. The summed E-state index contributed by atoms with van der Waals surface area (Å²) in [5, 5.41) is 8.94. The molecule has 0 atom stereocenters. The minimum atomic E-state index is -1.43. The van der Waals surface area contributed by atoms with Crippen LogP contribution in [0, 0.1) is 28.9 Å². The molecule has 0 saturated carbocycles. The molecule has 0 unspecified atom stereocenters. The Balaban J connectivity index is 2.81. The summed E-state index contributed by atoms with van der Waals surface area (Å²) in [6.45, 7) is 0. The summed E-state index contributed by atoms with van der Waals surface area (Å²) in [6, 6.07) is 6.10. The van der Waals surface area contributed by atoms with E-state index in [1.807, 2.05) is 6.07 Å². The molecule has 0 bridgehead atoms. The normalized spacial score (nSPS) is 10.2. The summed E-state index contributed by atoms with van der Waals surface area (Å²) >= 11 is 0. The molecular weight excluding hydrogens is 295 g/mol. The Morgan fingerprint density at radius 2 is 1.86 bits per heavy atom. The second-order valence-electron chi connectivity index (χ2n) is 4.65. The van der Waals surface area contributed by atoms with Gasteiger partial charge in [-0.3, -0.25) is 0 Å². The molecule has 2 rings (SSSR count). The van der Waals surface area contributed by atoms with E-state index in [0.717, 1.165) is 4.90 Å². The average molecular weight is 307 g/mol. The maximum absolute atomic E-state index is 14.6. The Bertz CT molecular complexity index is 770. The van der Waals surface area contributed by atoms with E-state index in [2.05, 4.69) is 4.98 Å². The third-order valence-corrected chi connectivity index (χ3v) is 3.05. The lowest BCUT2D eigenvalue weighted by atomic mass is 10.1. The lowest BCUT2D eigenvalue weighted by Crippen LogP contribution is -2.16. The molecule has 0 spiro atoms. The third kappa shape index (κ3) is 2.55. The van der Waals surface area contributed by atoms with Crippen molar-refractivity contribution in [3.8, 4) is 23.1 Å². The highest BCUT2D eigenvalue weighted by atomic mass is 19.2. The Hall–Kier alpha value is -2.75. The summed E-state index contributed by atoms with van der Waals surface area (Å²) in [5.41, 5.74) is -0.683. The lowest BCUT2D eigenvalue weighted by molar-refractivity contribution is 0.415. The summed E-state index contributed by atoms with van der Waals surface area (Å²) in [6.07, 6.45) is 0. The van der Waals surface area contributed by atoms with Gasteiger partial charge in [0.15, 0.2) is 5.82 Å². The van der Waals surface area contributed by atoms with Crippen molar-refractivity contribution >= 4 is 5.69 Å². The van der Waals surface area contributed by atoms with Crippen LogP contribution < -0.4 is 9.64 Å². The van der Waals surface area contributed by atoms with Crippen LogP contribution in [0.25, 0.3) is 11.3 Å². The SMILES string of the molecule is COc1ccc(C#N)cc1-c1nc(F)c(F)c(N(C)C)c1F. The number of aromatic nitrogens is 1. The predicted molar refractivity (Wildman–Crippen MR) is 75.1 cm³/mol. The molecule has 1 aromatic carbocycles. The summed E-state index contributed by atoms with van der Waals surface area (Å²) in [7, 11) is 4.11. The van der Waals surface area contributed by atoms with Crippen LogP contribution in [0.3, 0.4) is 0 Å². The van der Waals surface area contributed by atoms with Crippen molar-refractivity contribution in [3.05, 3.63) is 41.3 Å². The van der Waals surface area contributed by atoms with Crippen LogP contribution in [-0.2, 0) is 0 Å². The molecule has 1 aromatic heterocycles. The number of ether oxygens (including phenoxy) is 1. The summed E-state index contributed by atoms with van der Waals surface area (Å²) < 4.78 is 47.1. The first-order chi connectivity index (χ1) is 10.4. The molecule has 0 saturated heterocycles. The van der Waals surface area contributed by atoms with Crippen molar-refractivity contribution in [1.82, 2.24) is 4.98 Å². The number of hydrogen-bond acceptors (Lipinski definition) is 4. The number of methoxy groups -OCH3 is 1. The maximum Gasteiger partial charge on any atom is 0.251 e. The first kappa shape index (κ1) is 15.6. The van der Waals surface area contributed by atoms with Gasteiger partial charge in [-0.15, -0.1) is 0 Å². The number of nitriles is 1. The van der Waals surface area contributed by atoms with Crippen LogP contribution in [0.15, 0.2) is 18.2 Å². The smallest absolute Gasteiger partial charge is 0.251 e. The highest BCUT2D eigenvalue weighted by Crippen LogP contribution is 2.36. The zero-order valence-corrected chi connectivity index (χ0v) is 12.1. The minimum absolute atomic E-state index is 0.0704. The van der Waals surface area contributed by atoms with Gasteiger partial charge in [-0.05, 0) is 18.2 Å². The zero-order valence-electron chi connectivity index (χ0n) is 12.1. The number of pyridine rings is 1. The van der Waals surface area contributed by atoms with Crippen LogP contribution >= 0.6 is 0 Å². The van der Waals surface area contributed by atoms with E-state index in [1.54, 1.807) is 0 Å². The number of anilines is 1. The summed E-state index contributed by atoms with van der Waals surface area (Å²) in [5.74, 6) is -3.63. The topological polar surface area (TPSA) is 49.1 Å². The molecule has 7 heteroatoms. The highest BCUT2D eigenvalue weighted by Gasteiger charge is 2.24. The van der Waals surface area contributed by atoms with E-state index >= 15 is 0 Å². The van der Waals surface area contributed by atoms with Crippen LogP contribution in [0.1, 0.15) is 5.56 Å². The first-order valence-electron chi connectivity index (χ1n) is 6.21. The largest absolute Gasteiger partial charge is 0.496 e. The molecule has 1 heterocycles. The molecule has 0 amide bonds. The lowest BCUT2D eigenvalue weighted by Gasteiger charge is -2.17. The molecule has 0 aliphatic carbocycles. The summed E-state index contributed by atoms with van der Waals surface area (Å²) in [4.78, 5) is 4.45. The molecule has 0 N–H and O–H groups in total. The zero-order chi connectivity index (χ0) is 16.4. The molecular formula is C15H12F3N3O. The average Bonchev–Trinajstić information content (AvgIpc) is 2.50. The molecule has 0 fully saturated rings. The maximum atomic E-state index is 14.6. The van der Waals surface area contributed by atoms with Crippen molar-refractivity contribution in [2.45, 2.75) is 0 Å². The third-order valence-electron chi connectivity index (χ3n) is 3.05. The second kappa shape index (κ2) is 5.93. The number of halogens is 3. The van der Waals surface area contributed by atoms with E-state index in [-0.39, 0.29) is 16.9 Å². The van der Waals surface area contributed by atoms with Gasteiger partial charge in [0, 0.05) is 19.7 Å². The van der Waals surface area contributed by atoms with E-state index < -0.39 is 29.0 Å². The van der Waals surface area contributed by atoms with Gasteiger partial charge in [0.05, 0.1) is 18.7 Å². The van der Waals surface area contributed by atoms with Crippen molar-refractivity contribution in [2.24, 2.45) is 0 Å². The Labute approximate surface area is 125 Å². The molecule has 0 aliphatic rings. The van der Waals surface area contributed by atoms with Gasteiger partial charge in [0.25, 0.3) is 5.95 Å². The van der Waals surface area contributed by atoms with Crippen LogP contribution in [0.4, 0.5) is 18.9 Å². The highest BCUT2D eigenvalue weighted by molar-refractivity contribution is 5.73. The molecule has 0 radical (unpaired) electrons. The van der Waals surface area contributed by atoms with Crippen LogP contribution in [0.2, 0.25) is 0 Å². The fourth-order valence-corrected chi connectivity index (χ4v) is 2.04. The predicted octanol–water partition coefficient (Wildman–Crippen LogP) is 3.11. The number of nitrogens with zero attached hydrogens (tertiary/aromatic N) is 3. The van der Waals surface area contributed by atoms with Gasteiger partial charge in [-0.25, -0.2) is 9.37 Å². The van der Waals surface area contributed by atoms with E-state index in [1.165, 1.54) is 39.4 Å². The Morgan fingerprint density at radius 3 is 2.41 bits per heavy atom. The van der Waals surface area contributed by atoms with Crippen LogP contribution in [0.5, 0.6) is 5.75 Å². The second-order valence-corrected chi connectivity index (χ2v) is 4.65. The minimum Gasteiger partial charge on any atom is -0.496 e. The van der Waals surface area contributed by atoms with Crippen molar-refractivity contribution in [2.75, 3.05) is 26.1 Å². The van der Waals surface area contributed by atoms with Crippen molar-refractivity contribution in [1.29, 1.82) is 5.26 Å². The van der Waals surface area contributed by atoms with Gasteiger partial charge in [0.2, 0.25) is 5.82 Å². The molecule has 2 aromatic rings. The van der Waals surface area contributed by atoms with Crippen molar-refractivity contribution in [3.63, 3.8) is 0 Å².